The van der Waals surface area contributed by atoms with E-state index in [0.29, 0.717) is 22.8 Å². The minimum Gasteiger partial charge on any atom is -0.438 e. The predicted molar refractivity (Wildman–Crippen MR) is 148 cm³/mol. The van der Waals surface area contributed by atoms with E-state index in [1.807, 2.05) is 11.8 Å². The Balaban J connectivity index is 1.65. The molecule has 0 bridgehead atoms. The largest absolute Gasteiger partial charge is 0.438 e. The van der Waals surface area contributed by atoms with Crippen LogP contribution < -0.4 is 0 Å². The highest BCUT2D eigenvalue weighted by molar-refractivity contribution is 8.00. The van der Waals surface area contributed by atoms with E-state index in [4.69, 9.17) is 9.40 Å². The maximum absolute atomic E-state index is 6.31. The molecule has 2 atom stereocenters. The van der Waals surface area contributed by atoms with Crippen LogP contribution >= 0.6 is 11.8 Å². The Morgan fingerprint density at radius 3 is 2.57 bits per heavy atom. The maximum Gasteiger partial charge on any atom is 0.231 e. The molecule has 0 spiro atoms. The first-order chi connectivity index (χ1) is 16.7. The van der Waals surface area contributed by atoms with Crippen LogP contribution in [0.2, 0.25) is 0 Å². The molecule has 1 aliphatic heterocycles. The van der Waals surface area contributed by atoms with Gasteiger partial charge in [0.15, 0.2) is 0 Å². The van der Waals surface area contributed by atoms with Gasteiger partial charge in [-0.3, -0.25) is 0 Å². The zero-order valence-corrected chi connectivity index (χ0v) is 22.2. The number of nitrogens with zero attached hydrogens (tertiary/aromatic N) is 2. The van der Waals surface area contributed by atoms with E-state index < -0.39 is 0 Å². The van der Waals surface area contributed by atoms with Gasteiger partial charge in [-0.15, -0.1) is 11.8 Å². The Labute approximate surface area is 211 Å². The Kier molecular flexibility index (Phi) is 5.23. The van der Waals surface area contributed by atoms with E-state index in [1.165, 1.54) is 38.6 Å². The van der Waals surface area contributed by atoms with Gasteiger partial charge in [-0.2, -0.15) is 0 Å². The lowest BCUT2D eigenvalue weighted by Crippen LogP contribution is -2.12. The topological polar surface area (TPSA) is 38.9 Å². The third-order valence-corrected chi connectivity index (χ3v) is 8.73. The van der Waals surface area contributed by atoms with Crippen molar-refractivity contribution in [3.05, 3.63) is 66.0 Å². The first-order valence-electron chi connectivity index (χ1n) is 12.6. The fourth-order valence-corrected chi connectivity index (χ4v) is 7.20. The highest BCUT2D eigenvalue weighted by atomic mass is 32.2. The summed E-state index contributed by atoms with van der Waals surface area (Å²) >= 11 is 1.99. The molecule has 1 aliphatic rings. The third-order valence-electron chi connectivity index (χ3n) is 7.36. The van der Waals surface area contributed by atoms with Gasteiger partial charge in [-0.1, -0.05) is 71.9 Å². The van der Waals surface area contributed by atoms with Crippen molar-refractivity contribution in [2.75, 3.05) is 0 Å². The van der Waals surface area contributed by atoms with Crippen LogP contribution in [0.1, 0.15) is 65.0 Å². The van der Waals surface area contributed by atoms with Gasteiger partial charge in [0, 0.05) is 21.1 Å². The average molecular weight is 481 g/mol. The van der Waals surface area contributed by atoms with Crippen LogP contribution in [0.3, 0.4) is 0 Å². The molecule has 2 aromatic heterocycles. The molecule has 3 nitrogen and oxygen atoms in total. The van der Waals surface area contributed by atoms with Gasteiger partial charge >= 0.3 is 0 Å². The lowest BCUT2D eigenvalue weighted by molar-refractivity contribution is 0.499. The molecular weight excluding hydrogens is 448 g/mol. The molecule has 4 heteroatoms. The van der Waals surface area contributed by atoms with E-state index >= 15 is 0 Å². The summed E-state index contributed by atoms with van der Waals surface area (Å²) in [5.74, 6) is 1.23. The number of fused-ring (bicyclic) bond motifs is 6. The van der Waals surface area contributed by atoms with Crippen LogP contribution in [-0.2, 0) is 5.41 Å². The van der Waals surface area contributed by atoms with Crippen LogP contribution in [0.5, 0.6) is 0 Å². The van der Waals surface area contributed by atoms with Crippen LogP contribution in [0.15, 0.2) is 64.2 Å². The molecule has 0 amide bonds. The zero-order chi connectivity index (χ0) is 24.5. The lowest BCUT2D eigenvalue weighted by Gasteiger charge is -2.22. The first-order valence-corrected chi connectivity index (χ1v) is 13.5. The SMILES string of the molecule is CC(C)CC1c2ccc3oc4ncnc(-c5cc(C(C)(C)C)c6ccccc6c5)c4c3c2SC1C. The number of aromatic nitrogens is 2. The van der Waals surface area contributed by atoms with Crippen molar-refractivity contribution in [2.45, 2.75) is 69.4 Å². The van der Waals surface area contributed by atoms with Crippen molar-refractivity contribution in [1.82, 2.24) is 9.97 Å². The van der Waals surface area contributed by atoms with Gasteiger partial charge in [0.1, 0.15) is 11.9 Å². The molecule has 3 heterocycles. The summed E-state index contributed by atoms with van der Waals surface area (Å²) in [6.07, 6.45) is 2.84. The van der Waals surface area contributed by atoms with Gasteiger partial charge in [-0.25, -0.2) is 9.97 Å². The second kappa shape index (κ2) is 8.09. The number of thioether (sulfide) groups is 1. The second-order valence-corrected chi connectivity index (χ2v) is 12.8. The lowest BCUT2D eigenvalue weighted by atomic mass is 9.82. The van der Waals surface area contributed by atoms with Gasteiger partial charge in [0.25, 0.3) is 0 Å². The van der Waals surface area contributed by atoms with Crippen molar-refractivity contribution in [1.29, 1.82) is 0 Å². The summed E-state index contributed by atoms with van der Waals surface area (Å²) in [6.45, 7) is 13.8. The molecule has 0 N–H and O–H groups in total. The molecule has 6 rings (SSSR count). The predicted octanol–water partition coefficient (Wildman–Crippen LogP) is 9.12. The summed E-state index contributed by atoms with van der Waals surface area (Å²) in [5.41, 5.74) is 6.45. The van der Waals surface area contributed by atoms with E-state index in [-0.39, 0.29) is 5.41 Å². The molecule has 35 heavy (non-hydrogen) atoms. The number of hydrogen-bond acceptors (Lipinski definition) is 4. The Morgan fingerprint density at radius 1 is 1.00 bits per heavy atom. The van der Waals surface area contributed by atoms with Crippen molar-refractivity contribution in [2.24, 2.45) is 5.92 Å². The number of hydrogen-bond donors (Lipinski definition) is 0. The molecule has 0 saturated carbocycles. The fraction of sp³-hybridized carbons (Fsp3) is 0.355. The summed E-state index contributed by atoms with van der Waals surface area (Å²) in [4.78, 5) is 10.8. The van der Waals surface area contributed by atoms with E-state index in [1.54, 1.807) is 6.33 Å². The zero-order valence-electron chi connectivity index (χ0n) is 21.3. The standard InChI is InChI=1S/C31H32N2OS/c1-17(2)13-23-18(3)35-29-22(23)11-12-25-26(29)27-28(32-16-33-30(27)34-25)20-14-19-9-7-8-10-21(19)24(15-20)31(4,5)6/h7-12,14-18,23H,13H2,1-6H3. The Bertz CT molecular complexity index is 1590. The van der Waals surface area contributed by atoms with Crippen molar-refractivity contribution in [3.8, 4) is 11.3 Å². The summed E-state index contributed by atoms with van der Waals surface area (Å²) in [7, 11) is 0. The molecule has 178 valence electrons. The monoisotopic (exact) mass is 480 g/mol. The molecule has 0 fully saturated rings. The quantitative estimate of drug-likeness (QED) is 0.258. The van der Waals surface area contributed by atoms with Crippen LogP contribution in [-0.4, -0.2) is 15.2 Å². The molecule has 0 radical (unpaired) electrons. The molecule has 3 aromatic carbocycles. The third kappa shape index (κ3) is 3.65. The Hall–Kier alpha value is -2.85. The second-order valence-electron chi connectivity index (χ2n) is 11.4. The minimum absolute atomic E-state index is 0.0107. The van der Waals surface area contributed by atoms with Gasteiger partial charge in [0.05, 0.1) is 11.1 Å². The minimum atomic E-state index is 0.0107. The first kappa shape index (κ1) is 22.6. The number of benzene rings is 3. The normalized spacial score (nSPS) is 18.3. The molecule has 5 aromatic rings. The van der Waals surface area contributed by atoms with E-state index in [2.05, 4.69) is 95.1 Å². The van der Waals surface area contributed by atoms with Crippen molar-refractivity contribution in [3.63, 3.8) is 0 Å². The smallest absolute Gasteiger partial charge is 0.231 e. The van der Waals surface area contributed by atoms with E-state index in [9.17, 15) is 0 Å². The molecule has 0 saturated heterocycles. The average Bonchev–Trinajstić information content (AvgIpc) is 3.34. The molecule has 0 aliphatic carbocycles. The van der Waals surface area contributed by atoms with Crippen LogP contribution in [0, 0.1) is 5.92 Å². The maximum atomic E-state index is 6.31. The summed E-state index contributed by atoms with van der Waals surface area (Å²) < 4.78 is 6.31. The fourth-order valence-electron chi connectivity index (χ4n) is 5.73. The van der Waals surface area contributed by atoms with E-state index in [0.717, 1.165) is 22.2 Å². The Morgan fingerprint density at radius 2 is 1.80 bits per heavy atom. The van der Waals surface area contributed by atoms with Gasteiger partial charge in [-0.05, 0) is 63.8 Å². The van der Waals surface area contributed by atoms with Crippen molar-refractivity contribution < 1.29 is 4.42 Å². The number of rotatable bonds is 3. The van der Waals surface area contributed by atoms with Crippen molar-refractivity contribution >= 4 is 44.6 Å². The van der Waals surface area contributed by atoms with Crippen LogP contribution in [0.4, 0.5) is 0 Å². The highest BCUT2D eigenvalue weighted by Gasteiger charge is 2.34. The van der Waals surface area contributed by atoms with Gasteiger partial charge in [0.2, 0.25) is 5.71 Å². The van der Waals surface area contributed by atoms with Gasteiger partial charge < -0.3 is 4.42 Å². The van der Waals surface area contributed by atoms with Crippen LogP contribution in [0.25, 0.3) is 44.1 Å². The molecular formula is C31H32N2OS. The summed E-state index contributed by atoms with van der Waals surface area (Å²) in [5, 5.41) is 5.30. The number of furan rings is 1. The molecule has 2 unspecified atom stereocenters. The highest BCUT2D eigenvalue weighted by Crippen LogP contribution is 2.53. The summed E-state index contributed by atoms with van der Waals surface area (Å²) in [6, 6.07) is 17.7.